The molecule has 0 aromatic rings. The van der Waals surface area contributed by atoms with Crippen molar-refractivity contribution in [2.24, 2.45) is 0 Å². The van der Waals surface area contributed by atoms with Crippen molar-refractivity contribution in [3.8, 4) is 0 Å². The normalized spacial score (nSPS) is 15.3. The molecule has 0 aliphatic carbocycles. The molecule has 0 aliphatic rings. The van der Waals surface area contributed by atoms with Gasteiger partial charge in [-0.2, -0.15) is 0 Å². The van der Waals surface area contributed by atoms with Gasteiger partial charge in [-0.1, -0.05) is 13.8 Å². The molecule has 2 atom stereocenters. The molecule has 104 valence electrons. The number of carbonyl (C=O) groups excluding carboxylic acids is 2. The highest BCUT2D eigenvalue weighted by Gasteiger charge is 2.42. The summed E-state index contributed by atoms with van der Waals surface area (Å²) in [7, 11) is 0. The van der Waals surface area contributed by atoms with E-state index in [1.165, 1.54) is 0 Å². The predicted octanol–water partition coefficient (Wildman–Crippen LogP) is 1.32. The number of ether oxygens (including phenoxy) is 2. The third-order valence-electron chi connectivity index (χ3n) is 2.44. The van der Waals surface area contributed by atoms with E-state index in [1.54, 1.807) is 27.7 Å². The number of esters is 2. The van der Waals surface area contributed by atoms with Gasteiger partial charge in [0.05, 0.1) is 12.2 Å². The summed E-state index contributed by atoms with van der Waals surface area (Å²) in [6.45, 7) is 6.71. The first-order chi connectivity index (χ1) is 8.33. The number of hydrogen-bond acceptors (Lipinski definition) is 6. The van der Waals surface area contributed by atoms with Crippen LogP contribution in [0.1, 0.15) is 40.5 Å². The van der Waals surface area contributed by atoms with E-state index >= 15 is 0 Å². The van der Waals surface area contributed by atoms with Gasteiger partial charge < -0.3 is 9.47 Å². The number of nitrogens with zero attached hydrogens (tertiary/aromatic N) is 1. The van der Waals surface area contributed by atoms with Gasteiger partial charge in [0, 0.05) is 4.92 Å². The van der Waals surface area contributed by atoms with E-state index in [1.807, 2.05) is 0 Å². The van der Waals surface area contributed by atoms with Crippen molar-refractivity contribution < 1.29 is 24.0 Å². The highest BCUT2D eigenvalue weighted by Crippen LogP contribution is 2.06. The summed E-state index contributed by atoms with van der Waals surface area (Å²) in [6.07, 6.45) is 0.0698. The Kier molecular flexibility index (Phi) is 6.92. The molecule has 7 nitrogen and oxygen atoms in total. The molecule has 0 rings (SSSR count). The standard InChI is InChI=1S/C11H19NO6/c1-5-7(3)17-10(13)9(12(15)16)11(14)18-8(4)6-2/h7-9H,5-6H2,1-4H3. The molecule has 2 unspecified atom stereocenters. The summed E-state index contributed by atoms with van der Waals surface area (Å²) in [5.74, 6) is -2.36. The molecule has 0 heterocycles. The Labute approximate surface area is 106 Å². The second kappa shape index (κ2) is 7.62. The second-order valence-corrected chi connectivity index (χ2v) is 4.00. The summed E-state index contributed by atoms with van der Waals surface area (Å²) in [5.41, 5.74) is 0. The van der Waals surface area contributed by atoms with Crippen molar-refractivity contribution in [2.45, 2.75) is 58.8 Å². The van der Waals surface area contributed by atoms with Crippen LogP contribution in [0.4, 0.5) is 0 Å². The third-order valence-corrected chi connectivity index (χ3v) is 2.44. The molecule has 0 radical (unpaired) electrons. The minimum absolute atomic E-state index is 0.476. The Balaban J connectivity index is 4.70. The molecule has 0 saturated heterocycles. The highest BCUT2D eigenvalue weighted by molar-refractivity contribution is 5.97. The molecule has 0 amide bonds. The van der Waals surface area contributed by atoms with Crippen LogP contribution in [-0.2, 0) is 19.1 Å². The lowest BCUT2D eigenvalue weighted by atomic mass is 10.2. The van der Waals surface area contributed by atoms with E-state index in [2.05, 4.69) is 0 Å². The summed E-state index contributed by atoms with van der Waals surface area (Å²) in [6, 6.07) is -2.10. The monoisotopic (exact) mass is 261 g/mol. The third kappa shape index (κ3) is 5.11. The number of hydrogen-bond donors (Lipinski definition) is 0. The van der Waals surface area contributed by atoms with Gasteiger partial charge >= 0.3 is 18.0 Å². The van der Waals surface area contributed by atoms with Gasteiger partial charge in [0.25, 0.3) is 0 Å². The lowest BCUT2D eigenvalue weighted by molar-refractivity contribution is -0.499. The maximum atomic E-state index is 11.5. The van der Waals surface area contributed by atoms with E-state index < -0.39 is 35.1 Å². The zero-order valence-corrected chi connectivity index (χ0v) is 11.0. The minimum atomic E-state index is -2.10. The Morgan fingerprint density at radius 2 is 1.39 bits per heavy atom. The summed E-state index contributed by atoms with van der Waals surface area (Å²) in [5, 5.41) is 10.7. The van der Waals surface area contributed by atoms with Crippen molar-refractivity contribution in [3.05, 3.63) is 10.1 Å². The molecule has 0 saturated carbocycles. The smallest absolute Gasteiger partial charge is 0.402 e. The Hall–Kier alpha value is -1.66. The van der Waals surface area contributed by atoms with Crippen molar-refractivity contribution in [2.75, 3.05) is 0 Å². The maximum Gasteiger partial charge on any atom is 0.402 e. The zero-order valence-electron chi connectivity index (χ0n) is 11.0. The first kappa shape index (κ1) is 16.3. The largest absolute Gasteiger partial charge is 0.457 e. The zero-order chi connectivity index (χ0) is 14.3. The quantitative estimate of drug-likeness (QED) is 0.297. The van der Waals surface area contributed by atoms with Gasteiger partial charge in [-0.25, -0.2) is 9.59 Å². The molecule has 7 heteroatoms. The van der Waals surface area contributed by atoms with E-state index in [9.17, 15) is 19.7 Å². The van der Waals surface area contributed by atoms with Crippen molar-refractivity contribution >= 4 is 11.9 Å². The SMILES string of the molecule is CCC(C)OC(=O)C(C(=O)OC(C)CC)[N+](=O)[O-]. The van der Waals surface area contributed by atoms with Crippen LogP contribution < -0.4 is 0 Å². The van der Waals surface area contributed by atoms with Crippen molar-refractivity contribution in [1.82, 2.24) is 0 Å². The Morgan fingerprint density at radius 3 is 1.61 bits per heavy atom. The average Bonchev–Trinajstić information content (AvgIpc) is 2.27. The molecule has 0 aromatic carbocycles. The van der Waals surface area contributed by atoms with Crippen molar-refractivity contribution in [1.29, 1.82) is 0 Å². The van der Waals surface area contributed by atoms with Gasteiger partial charge in [0.15, 0.2) is 0 Å². The van der Waals surface area contributed by atoms with E-state index in [0.29, 0.717) is 12.8 Å². The molecular formula is C11H19NO6. The van der Waals surface area contributed by atoms with Crippen LogP contribution in [-0.4, -0.2) is 35.1 Å². The van der Waals surface area contributed by atoms with Crippen LogP contribution in [0.2, 0.25) is 0 Å². The Bertz CT molecular complexity index is 293. The molecule has 0 aromatic heterocycles. The van der Waals surface area contributed by atoms with Gasteiger partial charge in [0.1, 0.15) is 0 Å². The first-order valence-corrected chi connectivity index (χ1v) is 5.87. The topological polar surface area (TPSA) is 95.7 Å². The van der Waals surface area contributed by atoms with Gasteiger partial charge in [-0.05, 0) is 26.7 Å². The van der Waals surface area contributed by atoms with Crippen LogP contribution in [0.25, 0.3) is 0 Å². The van der Waals surface area contributed by atoms with Crippen LogP contribution in [0.15, 0.2) is 0 Å². The van der Waals surface area contributed by atoms with Gasteiger partial charge in [-0.3, -0.25) is 10.1 Å². The van der Waals surface area contributed by atoms with E-state index in [-0.39, 0.29) is 0 Å². The van der Waals surface area contributed by atoms with Crippen molar-refractivity contribution in [3.63, 3.8) is 0 Å². The van der Waals surface area contributed by atoms with Crippen LogP contribution in [0.5, 0.6) is 0 Å². The minimum Gasteiger partial charge on any atom is -0.457 e. The lowest BCUT2D eigenvalue weighted by Gasteiger charge is -2.15. The van der Waals surface area contributed by atoms with Crippen LogP contribution in [0.3, 0.4) is 0 Å². The lowest BCUT2D eigenvalue weighted by Crippen LogP contribution is -2.42. The second-order valence-electron chi connectivity index (χ2n) is 4.00. The Morgan fingerprint density at radius 1 is 1.06 bits per heavy atom. The van der Waals surface area contributed by atoms with E-state index in [4.69, 9.17) is 9.47 Å². The predicted molar refractivity (Wildman–Crippen MR) is 62.5 cm³/mol. The molecule has 0 N–H and O–H groups in total. The molecule has 0 fully saturated rings. The fraction of sp³-hybridized carbons (Fsp3) is 0.818. The summed E-state index contributed by atoms with van der Waals surface area (Å²) >= 11 is 0. The van der Waals surface area contributed by atoms with Crippen LogP contribution >= 0.6 is 0 Å². The first-order valence-electron chi connectivity index (χ1n) is 5.87. The molecule has 0 bridgehead atoms. The average molecular weight is 261 g/mol. The highest BCUT2D eigenvalue weighted by atomic mass is 16.6. The van der Waals surface area contributed by atoms with E-state index in [0.717, 1.165) is 0 Å². The molecule has 0 spiro atoms. The number of rotatable bonds is 7. The fourth-order valence-corrected chi connectivity index (χ4v) is 0.960. The maximum absolute atomic E-state index is 11.5. The summed E-state index contributed by atoms with van der Waals surface area (Å²) in [4.78, 5) is 32.7. The number of nitro groups is 1. The number of carbonyl (C=O) groups is 2. The van der Waals surface area contributed by atoms with Gasteiger partial charge in [0.2, 0.25) is 0 Å². The fourth-order valence-electron chi connectivity index (χ4n) is 0.960. The summed E-state index contributed by atoms with van der Waals surface area (Å²) < 4.78 is 9.56. The van der Waals surface area contributed by atoms with Crippen LogP contribution in [0, 0.1) is 10.1 Å². The molecular weight excluding hydrogens is 242 g/mol. The van der Waals surface area contributed by atoms with Gasteiger partial charge in [-0.15, -0.1) is 0 Å². The molecule has 0 aliphatic heterocycles. The molecule has 18 heavy (non-hydrogen) atoms.